The number of nitrogens with one attached hydrogen (secondary N) is 1. The van der Waals surface area contributed by atoms with Gasteiger partial charge in [-0.1, -0.05) is 44.2 Å². The third-order valence-corrected chi connectivity index (χ3v) is 5.18. The maximum absolute atomic E-state index is 12.5. The van der Waals surface area contributed by atoms with Crippen LogP contribution in [0.2, 0.25) is 0 Å². The van der Waals surface area contributed by atoms with Crippen LogP contribution >= 0.6 is 0 Å². The van der Waals surface area contributed by atoms with Gasteiger partial charge >= 0.3 is 0 Å². The minimum Gasteiger partial charge on any atom is -0.496 e. The highest BCUT2D eigenvalue weighted by Gasteiger charge is 2.17. The molecule has 29 heavy (non-hydrogen) atoms. The molecule has 3 rings (SSSR count). The Morgan fingerprint density at radius 2 is 1.69 bits per heavy atom. The third kappa shape index (κ3) is 4.89. The number of hydrogen-bond donors (Lipinski definition) is 1. The van der Waals surface area contributed by atoms with E-state index in [0.29, 0.717) is 11.7 Å². The number of amides is 1. The molecule has 0 unspecified atom stereocenters. The third-order valence-electron chi connectivity index (χ3n) is 5.18. The fraction of sp³-hybridized carbons (Fsp3) is 0.320. The summed E-state index contributed by atoms with van der Waals surface area (Å²) in [4.78, 5) is 12.5. The summed E-state index contributed by atoms with van der Waals surface area (Å²) in [6.07, 6.45) is 0. The first-order chi connectivity index (χ1) is 13.9. The minimum absolute atomic E-state index is 0.0189. The van der Waals surface area contributed by atoms with E-state index in [2.05, 4.69) is 31.3 Å². The maximum Gasteiger partial charge on any atom is 0.258 e. The molecule has 1 N–H and O–H groups in total. The van der Waals surface area contributed by atoms with Gasteiger partial charge < -0.3 is 14.8 Å². The molecule has 0 aliphatic rings. The van der Waals surface area contributed by atoms with E-state index in [1.165, 1.54) is 0 Å². The Balaban J connectivity index is 1.66. The molecule has 1 atom stereocenters. The first kappa shape index (κ1) is 20.7. The largest absolute Gasteiger partial charge is 0.496 e. The van der Waals surface area contributed by atoms with Crippen molar-refractivity contribution in [3.8, 4) is 11.5 Å². The second kappa shape index (κ2) is 8.99. The van der Waals surface area contributed by atoms with E-state index in [4.69, 9.17) is 9.47 Å². The van der Waals surface area contributed by atoms with Gasteiger partial charge in [-0.3, -0.25) is 4.79 Å². The molecular formula is C25H29NO3. The summed E-state index contributed by atoms with van der Waals surface area (Å²) in [6.45, 7) is 8.28. The number of methoxy groups -OCH3 is 1. The molecule has 0 bridgehead atoms. The van der Waals surface area contributed by atoms with Crippen LogP contribution in [0.4, 0.5) is 0 Å². The molecule has 1 amide bonds. The number of carbonyl (C=O) groups is 1. The van der Waals surface area contributed by atoms with E-state index >= 15 is 0 Å². The number of aryl methyl sites for hydroxylation is 1. The standard InChI is InChI=1S/C25H29NO3/c1-16(2)22-14-23(17(3)12-24(22)28-5)18(4)26-25(27)15-29-21-11-10-19-8-6-7-9-20(19)13-21/h6-14,16,18H,15H2,1-5H3,(H,26,27)/t18-/m1/s1. The van der Waals surface area contributed by atoms with Crippen LogP contribution < -0.4 is 14.8 Å². The van der Waals surface area contributed by atoms with Crippen LogP contribution in [0.25, 0.3) is 10.8 Å². The van der Waals surface area contributed by atoms with Crippen molar-refractivity contribution in [2.75, 3.05) is 13.7 Å². The van der Waals surface area contributed by atoms with Gasteiger partial charge in [0.25, 0.3) is 5.91 Å². The van der Waals surface area contributed by atoms with Crippen molar-refractivity contribution >= 4 is 16.7 Å². The van der Waals surface area contributed by atoms with Crippen LogP contribution in [0.5, 0.6) is 11.5 Å². The molecule has 4 nitrogen and oxygen atoms in total. The lowest BCUT2D eigenvalue weighted by atomic mass is 9.93. The highest BCUT2D eigenvalue weighted by molar-refractivity contribution is 5.84. The molecule has 152 valence electrons. The van der Waals surface area contributed by atoms with Crippen LogP contribution in [-0.2, 0) is 4.79 Å². The summed E-state index contributed by atoms with van der Waals surface area (Å²) in [5.74, 6) is 1.77. The van der Waals surface area contributed by atoms with Crippen molar-refractivity contribution in [2.24, 2.45) is 0 Å². The summed E-state index contributed by atoms with van der Waals surface area (Å²) < 4.78 is 11.2. The topological polar surface area (TPSA) is 47.6 Å². The predicted octanol–water partition coefficient (Wildman–Crippen LogP) is 5.54. The number of benzene rings is 3. The summed E-state index contributed by atoms with van der Waals surface area (Å²) in [6, 6.07) is 18.0. The molecule has 0 aliphatic heterocycles. The fourth-order valence-electron chi connectivity index (χ4n) is 3.58. The van der Waals surface area contributed by atoms with Gasteiger partial charge in [-0.15, -0.1) is 0 Å². The van der Waals surface area contributed by atoms with Gasteiger partial charge in [0.2, 0.25) is 0 Å². The van der Waals surface area contributed by atoms with Gasteiger partial charge in [-0.2, -0.15) is 0 Å². The van der Waals surface area contributed by atoms with Crippen molar-refractivity contribution in [1.82, 2.24) is 5.32 Å². The van der Waals surface area contributed by atoms with E-state index in [9.17, 15) is 4.79 Å². The lowest BCUT2D eigenvalue weighted by Gasteiger charge is -2.21. The highest BCUT2D eigenvalue weighted by Crippen LogP contribution is 2.32. The van der Waals surface area contributed by atoms with Crippen LogP contribution in [0.1, 0.15) is 49.4 Å². The number of rotatable bonds is 7. The molecule has 0 fully saturated rings. The fourth-order valence-corrected chi connectivity index (χ4v) is 3.58. The average Bonchev–Trinajstić information content (AvgIpc) is 2.71. The van der Waals surface area contributed by atoms with Gasteiger partial charge in [0.15, 0.2) is 6.61 Å². The summed E-state index contributed by atoms with van der Waals surface area (Å²) >= 11 is 0. The van der Waals surface area contributed by atoms with Crippen molar-refractivity contribution < 1.29 is 14.3 Å². The Hall–Kier alpha value is -3.01. The Kier molecular flexibility index (Phi) is 6.42. The molecule has 0 aromatic heterocycles. The van der Waals surface area contributed by atoms with Crippen LogP contribution in [0.15, 0.2) is 54.6 Å². The molecule has 0 heterocycles. The Morgan fingerprint density at radius 1 is 0.966 bits per heavy atom. The first-order valence-corrected chi connectivity index (χ1v) is 9.98. The zero-order chi connectivity index (χ0) is 21.0. The number of carbonyl (C=O) groups excluding carboxylic acids is 1. The van der Waals surface area contributed by atoms with Crippen LogP contribution in [0, 0.1) is 6.92 Å². The zero-order valence-corrected chi connectivity index (χ0v) is 17.8. The monoisotopic (exact) mass is 391 g/mol. The van der Waals surface area contributed by atoms with Crippen molar-refractivity contribution in [3.63, 3.8) is 0 Å². The lowest BCUT2D eigenvalue weighted by Crippen LogP contribution is -2.31. The molecule has 0 spiro atoms. The lowest BCUT2D eigenvalue weighted by molar-refractivity contribution is -0.123. The molecule has 0 radical (unpaired) electrons. The highest BCUT2D eigenvalue weighted by atomic mass is 16.5. The number of ether oxygens (including phenoxy) is 2. The van der Waals surface area contributed by atoms with Crippen molar-refractivity contribution in [2.45, 2.75) is 39.7 Å². The molecule has 4 heteroatoms. The molecule has 0 saturated heterocycles. The van der Waals surface area contributed by atoms with Gasteiger partial charge in [0.05, 0.1) is 13.2 Å². The minimum atomic E-state index is -0.146. The molecule has 3 aromatic rings. The predicted molar refractivity (Wildman–Crippen MR) is 118 cm³/mol. The van der Waals surface area contributed by atoms with Gasteiger partial charge in [-0.05, 0) is 71.5 Å². The first-order valence-electron chi connectivity index (χ1n) is 9.98. The quantitative estimate of drug-likeness (QED) is 0.575. The molecule has 0 aliphatic carbocycles. The van der Waals surface area contributed by atoms with Crippen molar-refractivity contribution in [3.05, 3.63) is 71.3 Å². The molecule has 3 aromatic carbocycles. The van der Waals surface area contributed by atoms with E-state index in [1.54, 1.807) is 7.11 Å². The second-order valence-corrected chi connectivity index (χ2v) is 7.69. The second-order valence-electron chi connectivity index (χ2n) is 7.69. The van der Waals surface area contributed by atoms with Gasteiger partial charge in [0, 0.05) is 0 Å². The van der Waals surface area contributed by atoms with Crippen molar-refractivity contribution in [1.29, 1.82) is 0 Å². The maximum atomic E-state index is 12.5. The van der Waals surface area contributed by atoms with E-state index < -0.39 is 0 Å². The summed E-state index contributed by atoms with van der Waals surface area (Å²) in [5, 5.41) is 5.28. The van der Waals surface area contributed by atoms with E-state index in [1.807, 2.05) is 56.3 Å². The zero-order valence-electron chi connectivity index (χ0n) is 17.8. The Labute approximate surface area is 172 Å². The van der Waals surface area contributed by atoms with E-state index in [0.717, 1.165) is 33.2 Å². The Bertz CT molecular complexity index is 1010. The Morgan fingerprint density at radius 3 is 2.38 bits per heavy atom. The molecular weight excluding hydrogens is 362 g/mol. The SMILES string of the molecule is COc1cc(C)c([C@@H](C)NC(=O)COc2ccc3ccccc3c2)cc1C(C)C. The van der Waals surface area contributed by atoms with Gasteiger partial charge in [0.1, 0.15) is 11.5 Å². The summed E-state index contributed by atoms with van der Waals surface area (Å²) in [5.41, 5.74) is 3.32. The van der Waals surface area contributed by atoms with Crippen LogP contribution in [-0.4, -0.2) is 19.6 Å². The summed E-state index contributed by atoms with van der Waals surface area (Å²) in [7, 11) is 1.69. The number of fused-ring (bicyclic) bond motifs is 1. The van der Waals surface area contributed by atoms with E-state index in [-0.39, 0.29) is 18.6 Å². The van der Waals surface area contributed by atoms with Crippen LogP contribution in [0.3, 0.4) is 0 Å². The number of hydrogen-bond acceptors (Lipinski definition) is 3. The van der Waals surface area contributed by atoms with Gasteiger partial charge in [-0.25, -0.2) is 0 Å². The molecule has 0 saturated carbocycles. The average molecular weight is 392 g/mol. The smallest absolute Gasteiger partial charge is 0.258 e. The normalized spacial score (nSPS) is 12.1.